The summed E-state index contributed by atoms with van der Waals surface area (Å²) in [4.78, 5) is 35.6. The number of amides is 1. The van der Waals surface area contributed by atoms with Crippen LogP contribution >= 0.6 is 11.8 Å². The summed E-state index contributed by atoms with van der Waals surface area (Å²) in [6.45, 7) is 2.87. The van der Waals surface area contributed by atoms with E-state index in [0.717, 1.165) is 29.9 Å². The first kappa shape index (κ1) is 21.1. The summed E-state index contributed by atoms with van der Waals surface area (Å²) >= 11 is 1.51. The van der Waals surface area contributed by atoms with Crippen LogP contribution in [0.4, 0.5) is 5.82 Å². The molecule has 1 saturated heterocycles. The van der Waals surface area contributed by atoms with Crippen LogP contribution in [0.25, 0.3) is 11.0 Å². The van der Waals surface area contributed by atoms with Crippen LogP contribution in [0.5, 0.6) is 0 Å². The molecule has 1 aromatic carbocycles. The summed E-state index contributed by atoms with van der Waals surface area (Å²) in [7, 11) is 1.32. The molecule has 3 aromatic rings. The molecule has 0 atom stereocenters. The van der Waals surface area contributed by atoms with Gasteiger partial charge >= 0.3 is 5.97 Å². The number of nitrogens with one attached hydrogen (secondary N) is 1. The van der Waals surface area contributed by atoms with Crippen molar-refractivity contribution < 1.29 is 14.3 Å². The van der Waals surface area contributed by atoms with Gasteiger partial charge in [-0.1, -0.05) is 11.8 Å². The number of thioether (sulfide) groups is 1. The third kappa shape index (κ3) is 4.48. The molecular weight excluding hydrogens is 416 g/mol. The second-order valence-electron chi connectivity index (χ2n) is 7.16. The Morgan fingerprint density at radius 3 is 2.52 bits per heavy atom. The highest BCUT2D eigenvalue weighted by Gasteiger charge is 2.20. The molecule has 1 fully saturated rings. The molecule has 1 N–H and O–H groups in total. The Labute approximate surface area is 184 Å². The second-order valence-corrected chi connectivity index (χ2v) is 7.93. The summed E-state index contributed by atoms with van der Waals surface area (Å²) in [6, 6.07) is 6.35. The van der Waals surface area contributed by atoms with Gasteiger partial charge in [0.25, 0.3) is 5.91 Å². The average molecular weight is 441 g/mol. The molecular formula is C21H24N6O3S. The Morgan fingerprint density at radius 2 is 1.84 bits per heavy atom. The quantitative estimate of drug-likeness (QED) is 0.339. The maximum absolute atomic E-state index is 12.4. The summed E-state index contributed by atoms with van der Waals surface area (Å²) in [5.41, 5.74) is 1.65. The van der Waals surface area contributed by atoms with Crippen molar-refractivity contribution in [2.45, 2.75) is 24.5 Å². The van der Waals surface area contributed by atoms with Crippen molar-refractivity contribution >= 4 is 40.5 Å². The molecule has 1 amide bonds. The molecule has 4 rings (SSSR count). The molecule has 0 saturated carbocycles. The molecule has 1 aliphatic heterocycles. The molecule has 3 heterocycles. The zero-order valence-corrected chi connectivity index (χ0v) is 18.3. The Bertz CT molecular complexity index is 1090. The number of ether oxygens (including phenoxy) is 1. The Morgan fingerprint density at radius 1 is 1.13 bits per heavy atom. The SMILES string of the molecule is COC(=O)c1ccc(C(=O)NCCn2ncc3c(N4CCCC4)nc(SC)nc32)cc1. The molecule has 0 unspecified atom stereocenters. The van der Waals surface area contributed by atoms with Gasteiger partial charge in [0.2, 0.25) is 0 Å². The van der Waals surface area contributed by atoms with Crippen molar-refractivity contribution in [1.29, 1.82) is 0 Å². The van der Waals surface area contributed by atoms with Crippen LogP contribution in [-0.4, -0.2) is 64.6 Å². The molecule has 1 aliphatic rings. The summed E-state index contributed by atoms with van der Waals surface area (Å²) in [5.74, 6) is 0.287. The Balaban J connectivity index is 1.45. The molecule has 31 heavy (non-hydrogen) atoms. The van der Waals surface area contributed by atoms with Gasteiger partial charge in [0.05, 0.1) is 30.8 Å². The van der Waals surface area contributed by atoms with Gasteiger partial charge in [0, 0.05) is 25.2 Å². The molecule has 9 nitrogen and oxygen atoms in total. The minimum Gasteiger partial charge on any atom is -0.465 e. The zero-order valence-electron chi connectivity index (χ0n) is 17.5. The Hall–Kier alpha value is -3.14. The minimum atomic E-state index is -0.433. The number of fused-ring (bicyclic) bond motifs is 1. The van der Waals surface area contributed by atoms with Crippen molar-refractivity contribution in [2.75, 3.05) is 37.9 Å². The van der Waals surface area contributed by atoms with Crippen molar-refractivity contribution in [3.05, 3.63) is 41.6 Å². The lowest BCUT2D eigenvalue weighted by atomic mass is 10.1. The highest BCUT2D eigenvalue weighted by atomic mass is 32.2. The molecule has 0 bridgehead atoms. The van der Waals surface area contributed by atoms with Crippen LogP contribution < -0.4 is 10.2 Å². The highest BCUT2D eigenvalue weighted by molar-refractivity contribution is 7.98. The van der Waals surface area contributed by atoms with Gasteiger partial charge in [-0.25, -0.2) is 19.4 Å². The van der Waals surface area contributed by atoms with Crippen LogP contribution in [0.2, 0.25) is 0 Å². The first-order valence-electron chi connectivity index (χ1n) is 10.1. The zero-order chi connectivity index (χ0) is 21.8. The summed E-state index contributed by atoms with van der Waals surface area (Å²) in [5, 5.41) is 9.02. The molecule has 2 aromatic heterocycles. The third-order valence-corrected chi connectivity index (χ3v) is 5.77. The number of benzene rings is 1. The summed E-state index contributed by atoms with van der Waals surface area (Å²) < 4.78 is 6.47. The fraction of sp³-hybridized carbons (Fsp3) is 0.381. The van der Waals surface area contributed by atoms with Crippen molar-refractivity contribution in [1.82, 2.24) is 25.1 Å². The van der Waals surface area contributed by atoms with E-state index >= 15 is 0 Å². The lowest BCUT2D eigenvalue weighted by Crippen LogP contribution is -2.27. The molecule has 10 heteroatoms. The molecule has 0 spiro atoms. The fourth-order valence-corrected chi connectivity index (χ4v) is 3.95. The van der Waals surface area contributed by atoms with E-state index in [1.165, 1.54) is 31.7 Å². The monoisotopic (exact) mass is 440 g/mol. The van der Waals surface area contributed by atoms with Gasteiger partial charge in [0.15, 0.2) is 10.8 Å². The predicted octanol–water partition coefficient (Wildman–Crippen LogP) is 2.37. The molecule has 0 radical (unpaired) electrons. The first-order valence-corrected chi connectivity index (χ1v) is 11.3. The third-order valence-electron chi connectivity index (χ3n) is 5.22. The van der Waals surface area contributed by atoms with E-state index in [4.69, 9.17) is 4.98 Å². The lowest BCUT2D eigenvalue weighted by Gasteiger charge is -2.17. The number of hydrogen-bond donors (Lipinski definition) is 1. The maximum Gasteiger partial charge on any atom is 0.337 e. The van der Waals surface area contributed by atoms with Crippen molar-refractivity contribution in [3.8, 4) is 0 Å². The van der Waals surface area contributed by atoms with E-state index in [-0.39, 0.29) is 5.91 Å². The summed E-state index contributed by atoms with van der Waals surface area (Å²) in [6.07, 6.45) is 6.10. The topological polar surface area (TPSA) is 102 Å². The minimum absolute atomic E-state index is 0.218. The predicted molar refractivity (Wildman–Crippen MR) is 119 cm³/mol. The number of carbonyl (C=O) groups excluding carboxylic acids is 2. The second kappa shape index (κ2) is 9.34. The normalized spacial score (nSPS) is 13.5. The van der Waals surface area contributed by atoms with Gasteiger partial charge in [-0.05, 0) is 43.4 Å². The number of nitrogens with zero attached hydrogens (tertiary/aromatic N) is 5. The maximum atomic E-state index is 12.4. The number of rotatable bonds is 7. The average Bonchev–Trinajstić information content (AvgIpc) is 3.48. The fourth-order valence-electron chi connectivity index (χ4n) is 3.60. The van der Waals surface area contributed by atoms with E-state index in [1.807, 2.05) is 6.26 Å². The number of methoxy groups -OCH3 is 1. The largest absolute Gasteiger partial charge is 0.465 e. The smallest absolute Gasteiger partial charge is 0.337 e. The van der Waals surface area contributed by atoms with E-state index in [1.54, 1.807) is 35.1 Å². The van der Waals surface area contributed by atoms with E-state index < -0.39 is 5.97 Å². The van der Waals surface area contributed by atoms with E-state index in [9.17, 15) is 9.59 Å². The van der Waals surface area contributed by atoms with Gasteiger partial charge in [-0.15, -0.1) is 0 Å². The number of anilines is 1. The van der Waals surface area contributed by atoms with E-state index in [0.29, 0.717) is 29.4 Å². The number of carbonyl (C=O) groups is 2. The van der Waals surface area contributed by atoms with Gasteiger partial charge in [-0.3, -0.25) is 4.79 Å². The van der Waals surface area contributed by atoms with Crippen LogP contribution in [0.15, 0.2) is 35.6 Å². The van der Waals surface area contributed by atoms with Crippen molar-refractivity contribution in [3.63, 3.8) is 0 Å². The van der Waals surface area contributed by atoms with Gasteiger partial charge in [-0.2, -0.15) is 5.10 Å². The van der Waals surface area contributed by atoms with Gasteiger partial charge < -0.3 is 15.0 Å². The lowest BCUT2D eigenvalue weighted by molar-refractivity contribution is 0.0600. The highest BCUT2D eigenvalue weighted by Crippen LogP contribution is 2.28. The number of esters is 1. The van der Waals surface area contributed by atoms with Gasteiger partial charge in [0.1, 0.15) is 5.82 Å². The van der Waals surface area contributed by atoms with Crippen LogP contribution in [0.1, 0.15) is 33.6 Å². The van der Waals surface area contributed by atoms with Crippen molar-refractivity contribution in [2.24, 2.45) is 0 Å². The standard InChI is InChI=1S/C21H24N6O3S/c1-30-20(29)15-7-5-14(6-8-15)19(28)22-9-12-27-18-16(13-23-27)17(24-21(25-18)31-2)26-10-3-4-11-26/h5-8,13H,3-4,9-12H2,1-2H3,(H,22,28). The van der Waals surface area contributed by atoms with Crippen LogP contribution in [0, 0.1) is 0 Å². The Kier molecular flexibility index (Phi) is 6.36. The van der Waals surface area contributed by atoms with Crippen LogP contribution in [-0.2, 0) is 11.3 Å². The number of hydrogen-bond acceptors (Lipinski definition) is 8. The number of aromatic nitrogens is 4. The van der Waals surface area contributed by atoms with E-state index in [2.05, 4.69) is 25.0 Å². The van der Waals surface area contributed by atoms with Crippen LogP contribution in [0.3, 0.4) is 0 Å². The first-order chi connectivity index (χ1) is 15.1. The molecule has 0 aliphatic carbocycles. The molecule has 162 valence electrons.